The minimum absolute atomic E-state index is 0.447. The van der Waals surface area contributed by atoms with E-state index in [1.165, 1.54) is 0 Å². The van der Waals surface area contributed by atoms with E-state index in [9.17, 15) is 5.11 Å². The maximum atomic E-state index is 11.4. The summed E-state index contributed by atoms with van der Waals surface area (Å²) in [5.41, 5.74) is 3.74. The number of aliphatic hydroxyl groups is 1. The van der Waals surface area contributed by atoms with Gasteiger partial charge in [-0.25, -0.2) is 5.01 Å². The molecule has 0 spiro atoms. The summed E-state index contributed by atoms with van der Waals surface area (Å²) in [6.07, 6.45) is -1.03. The van der Waals surface area contributed by atoms with E-state index in [0.29, 0.717) is 52.8 Å². The molecule has 3 aromatic rings. The number of morpholine rings is 1. The summed E-state index contributed by atoms with van der Waals surface area (Å²) in [6, 6.07) is 12.6. The normalized spacial score (nSPS) is 15.9. The number of nitrogens with zero attached hydrogens (tertiary/aromatic N) is 3. The highest BCUT2D eigenvalue weighted by Crippen LogP contribution is 2.36. The van der Waals surface area contributed by atoms with Crippen LogP contribution in [0.2, 0.25) is 15.1 Å². The molecular formula is C21H21Cl3N4O2. The molecule has 1 aliphatic heterocycles. The Hall–Kier alpha value is -1.80. The first-order valence-corrected chi connectivity index (χ1v) is 10.6. The molecule has 2 N–H and O–H groups in total. The smallest absolute Gasteiger partial charge is 0.184 e. The van der Waals surface area contributed by atoms with Gasteiger partial charge < -0.3 is 9.84 Å². The quantitative estimate of drug-likeness (QED) is 0.512. The number of hydrogen-bond acceptors (Lipinski definition) is 5. The Bertz CT molecular complexity index is 1020. The average molecular weight is 468 g/mol. The summed E-state index contributed by atoms with van der Waals surface area (Å²) in [7, 11) is 0. The first-order valence-electron chi connectivity index (χ1n) is 9.51. The summed E-state index contributed by atoms with van der Waals surface area (Å²) < 4.78 is 5.48. The van der Waals surface area contributed by atoms with Crippen LogP contribution in [-0.4, -0.2) is 46.6 Å². The number of nitrogens with one attached hydrogen (secondary N) is 1. The third kappa shape index (κ3) is 4.30. The maximum Gasteiger partial charge on any atom is 0.184 e. The first-order chi connectivity index (χ1) is 14.5. The third-order valence-corrected chi connectivity index (χ3v) is 5.89. The number of hydrazine groups is 1. The van der Waals surface area contributed by atoms with Crippen molar-refractivity contribution in [2.24, 2.45) is 0 Å². The fourth-order valence-corrected chi connectivity index (χ4v) is 4.17. The van der Waals surface area contributed by atoms with E-state index < -0.39 is 6.23 Å². The largest absolute Gasteiger partial charge is 0.379 e. The summed E-state index contributed by atoms with van der Waals surface area (Å²) >= 11 is 18.6. The van der Waals surface area contributed by atoms with Crippen LogP contribution in [-0.2, 0) is 4.74 Å². The van der Waals surface area contributed by atoms with Gasteiger partial charge in [-0.1, -0.05) is 46.9 Å². The van der Waals surface area contributed by atoms with Gasteiger partial charge in [-0.15, -0.1) is 0 Å². The highest BCUT2D eigenvalue weighted by atomic mass is 35.5. The number of aromatic nitrogens is 2. The number of ether oxygens (including phenoxy) is 1. The molecule has 1 fully saturated rings. The van der Waals surface area contributed by atoms with Gasteiger partial charge in [0.2, 0.25) is 0 Å². The van der Waals surface area contributed by atoms with Crippen LogP contribution in [0.25, 0.3) is 11.3 Å². The molecule has 1 saturated heterocycles. The Morgan fingerprint density at radius 3 is 2.40 bits per heavy atom. The topological polar surface area (TPSA) is 64.6 Å². The van der Waals surface area contributed by atoms with Crippen molar-refractivity contribution in [2.45, 2.75) is 13.2 Å². The fraction of sp³-hybridized carbons (Fsp3) is 0.286. The molecule has 9 heteroatoms. The van der Waals surface area contributed by atoms with E-state index >= 15 is 0 Å². The van der Waals surface area contributed by atoms with Gasteiger partial charge in [0.25, 0.3) is 0 Å². The van der Waals surface area contributed by atoms with Gasteiger partial charge in [-0.3, -0.25) is 10.1 Å². The third-order valence-electron chi connectivity index (χ3n) is 5.10. The van der Waals surface area contributed by atoms with E-state index in [4.69, 9.17) is 39.5 Å². The van der Waals surface area contributed by atoms with Crippen LogP contribution in [0.4, 0.5) is 5.69 Å². The lowest BCUT2D eigenvalue weighted by Gasteiger charge is -2.41. The average Bonchev–Trinajstić information content (AvgIpc) is 3.12. The second-order valence-corrected chi connectivity index (χ2v) is 8.28. The van der Waals surface area contributed by atoms with Crippen molar-refractivity contribution < 1.29 is 9.84 Å². The van der Waals surface area contributed by atoms with Crippen LogP contribution in [0.1, 0.15) is 17.5 Å². The highest BCUT2D eigenvalue weighted by Gasteiger charge is 2.31. The van der Waals surface area contributed by atoms with Crippen molar-refractivity contribution in [2.75, 3.05) is 31.3 Å². The first kappa shape index (κ1) is 21.4. The molecule has 1 atom stereocenters. The molecule has 30 heavy (non-hydrogen) atoms. The second kappa shape index (κ2) is 9.14. The van der Waals surface area contributed by atoms with E-state index in [1.54, 1.807) is 23.2 Å². The molecule has 1 unspecified atom stereocenters. The van der Waals surface area contributed by atoms with Crippen LogP contribution >= 0.6 is 34.8 Å². The van der Waals surface area contributed by atoms with E-state index in [-0.39, 0.29) is 0 Å². The van der Waals surface area contributed by atoms with Gasteiger partial charge in [0.05, 0.1) is 35.3 Å². The van der Waals surface area contributed by atoms with E-state index in [1.807, 2.05) is 36.2 Å². The molecule has 0 bridgehead atoms. The SMILES string of the molecule is Cc1c(-c2ccc(Cl)cc2)n[nH]c1C(O)N(c1ccc(Cl)cc1Cl)N1CCOCC1. The zero-order chi connectivity index (χ0) is 21.3. The lowest BCUT2D eigenvalue weighted by atomic mass is 10.1. The van der Waals surface area contributed by atoms with Gasteiger partial charge >= 0.3 is 0 Å². The Morgan fingerprint density at radius 1 is 1.07 bits per heavy atom. The lowest BCUT2D eigenvalue weighted by Crippen LogP contribution is -2.51. The number of anilines is 1. The van der Waals surface area contributed by atoms with E-state index in [2.05, 4.69) is 10.2 Å². The molecule has 2 heterocycles. The maximum absolute atomic E-state index is 11.4. The summed E-state index contributed by atoms with van der Waals surface area (Å²) in [4.78, 5) is 0. The summed E-state index contributed by atoms with van der Waals surface area (Å²) in [6.45, 7) is 4.28. The van der Waals surface area contributed by atoms with Crippen molar-refractivity contribution in [1.29, 1.82) is 0 Å². The summed E-state index contributed by atoms with van der Waals surface area (Å²) in [5.74, 6) is 0. The molecule has 6 nitrogen and oxygen atoms in total. The minimum atomic E-state index is -1.03. The van der Waals surface area contributed by atoms with Crippen LogP contribution in [0.15, 0.2) is 42.5 Å². The molecule has 0 saturated carbocycles. The zero-order valence-electron chi connectivity index (χ0n) is 16.3. The molecule has 0 radical (unpaired) electrons. The number of hydrogen-bond donors (Lipinski definition) is 2. The van der Waals surface area contributed by atoms with Crippen LogP contribution in [0.3, 0.4) is 0 Å². The molecule has 4 rings (SSSR count). The molecule has 1 aromatic heterocycles. The molecule has 2 aromatic carbocycles. The minimum Gasteiger partial charge on any atom is -0.379 e. The number of rotatable bonds is 5. The predicted molar refractivity (Wildman–Crippen MR) is 120 cm³/mol. The molecule has 158 valence electrons. The van der Waals surface area contributed by atoms with Gasteiger partial charge in [-0.2, -0.15) is 5.10 Å². The Kier molecular flexibility index (Phi) is 6.53. The monoisotopic (exact) mass is 466 g/mol. The Morgan fingerprint density at radius 2 is 1.73 bits per heavy atom. The molecule has 1 aliphatic rings. The number of aliphatic hydroxyl groups excluding tert-OH is 1. The molecular weight excluding hydrogens is 447 g/mol. The standard InChI is InChI=1S/C21H21Cl3N4O2/c1-13-19(14-2-4-15(22)5-3-14)25-26-20(13)21(29)28(27-8-10-30-11-9-27)18-7-6-16(23)12-17(18)24/h2-7,12,21,29H,8-11H2,1H3,(H,25,26). The number of benzene rings is 2. The van der Waals surface area contributed by atoms with Gasteiger partial charge in [0, 0.05) is 34.3 Å². The molecule has 0 aliphatic carbocycles. The fourth-order valence-electron chi connectivity index (χ4n) is 3.55. The highest BCUT2D eigenvalue weighted by molar-refractivity contribution is 6.36. The van der Waals surface area contributed by atoms with Crippen molar-refractivity contribution >= 4 is 40.5 Å². The van der Waals surface area contributed by atoms with Gasteiger partial charge in [0.1, 0.15) is 0 Å². The lowest BCUT2D eigenvalue weighted by molar-refractivity contribution is -0.0000998. The predicted octanol–water partition coefficient (Wildman–Crippen LogP) is 5.09. The van der Waals surface area contributed by atoms with Crippen molar-refractivity contribution in [3.05, 3.63) is 68.8 Å². The van der Waals surface area contributed by atoms with Gasteiger partial charge in [-0.05, 0) is 37.3 Å². The van der Waals surface area contributed by atoms with Gasteiger partial charge in [0.15, 0.2) is 6.23 Å². The van der Waals surface area contributed by atoms with Crippen LogP contribution in [0.5, 0.6) is 0 Å². The number of halogens is 3. The molecule has 0 amide bonds. The number of H-pyrrole nitrogens is 1. The van der Waals surface area contributed by atoms with Crippen LogP contribution in [0, 0.1) is 6.92 Å². The van der Waals surface area contributed by atoms with Crippen molar-refractivity contribution in [3.8, 4) is 11.3 Å². The van der Waals surface area contributed by atoms with Crippen molar-refractivity contribution in [3.63, 3.8) is 0 Å². The van der Waals surface area contributed by atoms with E-state index in [0.717, 1.165) is 16.8 Å². The second-order valence-electron chi connectivity index (χ2n) is 7.00. The van der Waals surface area contributed by atoms with Crippen LogP contribution < -0.4 is 5.01 Å². The number of aromatic amines is 1. The Labute approximate surface area is 189 Å². The zero-order valence-corrected chi connectivity index (χ0v) is 18.5. The van der Waals surface area contributed by atoms with Crippen molar-refractivity contribution in [1.82, 2.24) is 15.2 Å². The summed E-state index contributed by atoms with van der Waals surface area (Å²) in [5, 5.41) is 24.3. The Balaban J connectivity index is 1.73.